The van der Waals surface area contributed by atoms with Crippen molar-refractivity contribution in [3.8, 4) is 0 Å². The lowest BCUT2D eigenvalue weighted by Crippen LogP contribution is -2.33. The normalized spacial score (nSPS) is 39.8. The van der Waals surface area contributed by atoms with Gasteiger partial charge < -0.3 is 14.6 Å². The van der Waals surface area contributed by atoms with Crippen LogP contribution in [0.5, 0.6) is 0 Å². The summed E-state index contributed by atoms with van der Waals surface area (Å²) < 4.78 is 9.84. The molecular formula is C5H10O3. The summed E-state index contributed by atoms with van der Waals surface area (Å²) in [7, 11) is 0. The molecule has 1 rings (SSSR count). The van der Waals surface area contributed by atoms with Gasteiger partial charge >= 0.3 is 0 Å². The standard InChI is InChI=1S/C5H10O3/c1-4-2-7-3-5(6)8-4/h4-6H,2-3H2,1H3/t4?,5-/m1/s1. The molecule has 0 aliphatic carbocycles. The average Bonchev–Trinajstić information content (AvgIpc) is 1.64. The highest BCUT2D eigenvalue weighted by molar-refractivity contribution is 4.54. The SMILES string of the molecule is CC1COC[C@H](O)O1. The van der Waals surface area contributed by atoms with Gasteiger partial charge in [-0.1, -0.05) is 0 Å². The predicted molar refractivity (Wildman–Crippen MR) is 27.4 cm³/mol. The zero-order valence-corrected chi connectivity index (χ0v) is 4.83. The average molecular weight is 118 g/mol. The minimum absolute atomic E-state index is 0.0405. The van der Waals surface area contributed by atoms with E-state index in [1.54, 1.807) is 0 Å². The first-order valence-corrected chi connectivity index (χ1v) is 2.70. The molecule has 0 radical (unpaired) electrons. The van der Waals surface area contributed by atoms with Gasteiger partial charge in [-0.3, -0.25) is 0 Å². The maximum Gasteiger partial charge on any atom is 0.178 e. The maximum absolute atomic E-state index is 8.73. The quantitative estimate of drug-likeness (QED) is 0.476. The van der Waals surface area contributed by atoms with Crippen LogP contribution in [0.2, 0.25) is 0 Å². The van der Waals surface area contributed by atoms with E-state index in [2.05, 4.69) is 0 Å². The molecule has 1 fully saturated rings. The lowest BCUT2D eigenvalue weighted by molar-refractivity contribution is -0.215. The van der Waals surface area contributed by atoms with Gasteiger partial charge in [0.25, 0.3) is 0 Å². The minimum Gasteiger partial charge on any atom is -0.374 e. The molecule has 3 nitrogen and oxygen atoms in total. The molecule has 0 amide bonds. The lowest BCUT2D eigenvalue weighted by Gasteiger charge is -2.23. The molecule has 0 bridgehead atoms. The molecule has 1 heterocycles. The Kier molecular flexibility index (Phi) is 1.83. The van der Waals surface area contributed by atoms with E-state index in [0.717, 1.165) is 0 Å². The molecule has 0 aromatic heterocycles. The summed E-state index contributed by atoms with van der Waals surface area (Å²) in [6.45, 7) is 2.77. The highest BCUT2D eigenvalue weighted by atomic mass is 16.7. The van der Waals surface area contributed by atoms with Crippen LogP contribution in [-0.2, 0) is 9.47 Å². The highest BCUT2D eigenvalue weighted by Crippen LogP contribution is 2.03. The van der Waals surface area contributed by atoms with E-state index < -0.39 is 6.29 Å². The molecule has 3 heteroatoms. The largest absolute Gasteiger partial charge is 0.374 e. The highest BCUT2D eigenvalue weighted by Gasteiger charge is 2.15. The topological polar surface area (TPSA) is 38.7 Å². The first-order chi connectivity index (χ1) is 3.79. The van der Waals surface area contributed by atoms with Gasteiger partial charge in [-0.15, -0.1) is 0 Å². The lowest BCUT2D eigenvalue weighted by atomic mass is 10.4. The summed E-state index contributed by atoms with van der Waals surface area (Å²) in [6.07, 6.45) is -0.669. The van der Waals surface area contributed by atoms with Crippen molar-refractivity contribution in [2.45, 2.75) is 19.3 Å². The van der Waals surface area contributed by atoms with Crippen molar-refractivity contribution in [2.75, 3.05) is 13.2 Å². The Balaban J connectivity index is 2.23. The van der Waals surface area contributed by atoms with Crippen molar-refractivity contribution in [3.63, 3.8) is 0 Å². The molecule has 1 N–H and O–H groups in total. The molecule has 0 aromatic carbocycles. The fourth-order valence-electron chi connectivity index (χ4n) is 0.682. The van der Waals surface area contributed by atoms with Crippen LogP contribution in [0.25, 0.3) is 0 Å². The molecule has 2 atom stereocenters. The number of hydrogen-bond acceptors (Lipinski definition) is 3. The molecule has 0 aromatic rings. The van der Waals surface area contributed by atoms with Gasteiger partial charge in [0, 0.05) is 0 Å². The van der Waals surface area contributed by atoms with E-state index in [-0.39, 0.29) is 6.10 Å². The molecule has 0 saturated carbocycles. The van der Waals surface area contributed by atoms with Gasteiger partial charge in [-0.2, -0.15) is 0 Å². The van der Waals surface area contributed by atoms with Gasteiger partial charge in [0.05, 0.1) is 19.3 Å². The van der Waals surface area contributed by atoms with Crippen LogP contribution >= 0.6 is 0 Å². The van der Waals surface area contributed by atoms with E-state index in [1.165, 1.54) is 0 Å². The van der Waals surface area contributed by atoms with Crippen molar-refractivity contribution >= 4 is 0 Å². The van der Waals surface area contributed by atoms with Gasteiger partial charge in [0.2, 0.25) is 0 Å². The molecular weight excluding hydrogens is 108 g/mol. The second-order valence-corrected chi connectivity index (χ2v) is 1.94. The van der Waals surface area contributed by atoms with E-state index in [9.17, 15) is 0 Å². The Morgan fingerprint density at radius 1 is 1.50 bits per heavy atom. The van der Waals surface area contributed by atoms with Gasteiger partial charge in [-0.05, 0) is 6.92 Å². The number of rotatable bonds is 0. The number of ether oxygens (including phenoxy) is 2. The first-order valence-electron chi connectivity index (χ1n) is 2.70. The summed E-state index contributed by atoms with van der Waals surface area (Å²) in [5.74, 6) is 0. The Bertz CT molecular complexity index is 66.1. The Morgan fingerprint density at radius 2 is 2.25 bits per heavy atom. The van der Waals surface area contributed by atoms with Crippen molar-refractivity contribution in [1.29, 1.82) is 0 Å². The second-order valence-electron chi connectivity index (χ2n) is 1.94. The van der Waals surface area contributed by atoms with E-state index in [0.29, 0.717) is 13.2 Å². The maximum atomic E-state index is 8.73. The van der Waals surface area contributed by atoms with Crippen LogP contribution in [0.15, 0.2) is 0 Å². The molecule has 1 saturated heterocycles. The fourth-order valence-corrected chi connectivity index (χ4v) is 0.682. The molecule has 0 spiro atoms. The van der Waals surface area contributed by atoms with Gasteiger partial charge in [0.1, 0.15) is 0 Å². The zero-order valence-electron chi connectivity index (χ0n) is 4.83. The van der Waals surface area contributed by atoms with Crippen LogP contribution in [0, 0.1) is 0 Å². The third-order valence-electron chi connectivity index (χ3n) is 1.00. The van der Waals surface area contributed by atoms with Crippen LogP contribution in [0.3, 0.4) is 0 Å². The summed E-state index contributed by atoms with van der Waals surface area (Å²) in [5, 5.41) is 8.73. The zero-order chi connectivity index (χ0) is 5.98. The summed E-state index contributed by atoms with van der Waals surface area (Å²) >= 11 is 0. The van der Waals surface area contributed by atoms with Gasteiger partial charge in [0.15, 0.2) is 6.29 Å². The Morgan fingerprint density at radius 3 is 2.62 bits per heavy atom. The third-order valence-corrected chi connectivity index (χ3v) is 1.00. The number of hydrogen-bond donors (Lipinski definition) is 1. The summed E-state index contributed by atoms with van der Waals surface area (Å²) in [5.41, 5.74) is 0. The minimum atomic E-state index is -0.709. The Labute approximate surface area is 48.2 Å². The smallest absolute Gasteiger partial charge is 0.178 e. The molecule has 1 aliphatic heterocycles. The second kappa shape index (κ2) is 2.44. The fraction of sp³-hybridized carbons (Fsp3) is 1.00. The van der Waals surface area contributed by atoms with Crippen molar-refractivity contribution in [2.24, 2.45) is 0 Å². The molecule has 1 unspecified atom stereocenters. The monoisotopic (exact) mass is 118 g/mol. The molecule has 48 valence electrons. The van der Waals surface area contributed by atoms with Crippen molar-refractivity contribution < 1.29 is 14.6 Å². The van der Waals surface area contributed by atoms with Gasteiger partial charge in [-0.25, -0.2) is 0 Å². The van der Waals surface area contributed by atoms with Crippen molar-refractivity contribution in [1.82, 2.24) is 0 Å². The van der Waals surface area contributed by atoms with Crippen LogP contribution in [0.1, 0.15) is 6.92 Å². The number of aliphatic hydroxyl groups excluding tert-OH is 1. The van der Waals surface area contributed by atoms with Crippen LogP contribution in [0.4, 0.5) is 0 Å². The molecule has 8 heavy (non-hydrogen) atoms. The van der Waals surface area contributed by atoms with E-state index in [1.807, 2.05) is 6.92 Å². The molecule has 1 aliphatic rings. The number of aliphatic hydroxyl groups is 1. The predicted octanol–water partition coefficient (Wildman–Crippen LogP) is -0.260. The van der Waals surface area contributed by atoms with E-state index in [4.69, 9.17) is 14.6 Å². The Hall–Kier alpha value is -0.120. The first kappa shape index (κ1) is 6.01. The third kappa shape index (κ3) is 1.43. The van der Waals surface area contributed by atoms with E-state index >= 15 is 0 Å². The van der Waals surface area contributed by atoms with Crippen molar-refractivity contribution in [3.05, 3.63) is 0 Å². The summed E-state index contributed by atoms with van der Waals surface area (Å²) in [6, 6.07) is 0. The van der Waals surface area contributed by atoms with Crippen LogP contribution in [-0.4, -0.2) is 30.7 Å². The summed E-state index contributed by atoms with van der Waals surface area (Å²) in [4.78, 5) is 0. The van der Waals surface area contributed by atoms with Crippen LogP contribution < -0.4 is 0 Å².